The van der Waals surface area contributed by atoms with E-state index in [2.05, 4.69) is 4.98 Å². The van der Waals surface area contributed by atoms with Crippen molar-refractivity contribution in [1.82, 2.24) is 9.55 Å². The van der Waals surface area contributed by atoms with Crippen molar-refractivity contribution < 1.29 is 13.5 Å². The van der Waals surface area contributed by atoms with Crippen molar-refractivity contribution in [2.75, 3.05) is 7.11 Å². The van der Waals surface area contributed by atoms with Gasteiger partial charge in [-0.25, -0.2) is 8.78 Å². The quantitative estimate of drug-likeness (QED) is 0.696. The fourth-order valence-corrected chi connectivity index (χ4v) is 2.72. The summed E-state index contributed by atoms with van der Waals surface area (Å²) in [7, 11) is 1.37. The Morgan fingerprint density at radius 1 is 1.19 bits per heavy atom. The average molecular weight is 327 g/mol. The number of benzene rings is 2. The van der Waals surface area contributed by atoms with Crippen LogP contribution in [0.15, 0.2) is 30.3 Å². The molecule has 3 nitrogen and oxygen atoms in total. The van der Waals surface area contributed by atoms with Gasteiger partial charge in [-0.05, 0) is 30.4 Å². The molecular formula is C14H9ClF2N2OS. The molecule has 0 bridgehead atoms. The Labute approximate surface area is 128 Å². The maximum absolute atomic E-state index is 13.7. The molecule has 108 valence electrons. The number of fused-ring (bicyclic) bond motifs is 1. The number of nitrogens with zero attached hydrogens (tertiary/aromatic N) is 1. The first-order valence-electron chi connectivity index (χ1n) is 5.94. The lowest BCUT2D eigenvalue weighted by Crippen LogP contribution is -1.96. The van der Waals surface area contributed by atoms with Crippen LogP contribution in [-0.4, -0.2) is 16.7 Å². The smallest absolute Gasteiger partial charge is 0.182 e. The zero-order valence-corrected chi connectivity index (χ0v) is 12.4. The number of nitrogens with one attached hydrogen (secondary N) is 1. The molecule has 2 aromatic carbocycles. The predicted octanol–water partition coefficient (Wildman–Crippen LogP) is 4.63. The number of aromatic nitrogens is 2. The number of rotatable bonds is 2. The number of H-pyrrole nitrogens is 1. The minimum atomic E-state index is -0.509. The molecule has 0 spiro atoms. The van der Waals surface area contributed by atoms with Gasteiger partial charge in [-0.15, -0.1) is 0 Å². The third-order valence-corrected chi connectivity index (χ3v) is 3.56. The summed E-state index contributed by atoms with van der Waals surface area (Å²) < 4.78 is 34.1. The Kier molecular flexibility index (Phi) is 3.43. The van der Waals surface area contributed by atoms with Crippen molar-refractivity contribution >= 4 is 34.9 Å². The molecule has 1 N–H and O–H groups in total. The second-order valence-corrected chi connectivity index (χ2v) is 5.22. The fourth-order valence-electron chi connectivity index (χ4n) is 2.19. The van der Waals surface area contributed by atoms with Crippen molar-refractivity contribution in [1.29, 1.82) is 0 Å². The van der Waals surface area contributed by atoms with Crippen LogP contribution in [0.5, 0.6) is 5.75 Å². The van der Waals surface area contributed by atoms with Crippen LogP contribution in [0.4, 0.5) is 8.78 Å². The van der Waals surface area contributed by atoms with E-state index in [4.69, 9.17) is 28.6 Å². The van der Waals surface area contributed by atoms with E-state index in [0.717, 1.165) is 0 Å². The van der Waals surface area contributed by atoms with Crippen LogP contribution in [0.3, 0.4) is 0 Å². The highest BCUT2D eigenvalue weighted by molar-refractivity contribution is 7.71. The van der Waals surface area contributed by atoms with E-state index in [0.29, 0.717) is 21.5 Å². The third kappa shape index (κ3) is 2.41. The highest BCUT2D eigenvalue weighted by Gasteiger charge is 2.13. The SMILES string of the molecule is COc1cc2c(cc1F)[nH]c(=S)n2-c1cc(F)cc(Cl)c1. The summed E-state index contributed by atoms with van der Waals surface area (Å²) in [5.74, 6) is -0.916. The molecule has 0 amide bonds. The molecule has 0 fully saturated rings. The number of methoxy groups -OCH3 is 1. The van der Waals surface area contributed by atoms with Crippen molar-refractivity contribution in [2.24, 2.45) is 0 Å². The second kappa shape index (κ2) is 5.13. The average Bonchev–Trinajstić information content (AvgIpc) is 2.71. The first-order chi connectivity index (χ1) is 9.99. The zero-order chi connectivity index (χ0) is 15.1. The Bertz CT molecular complexity index is 884. The molecular weight excluding hydrogens is 318 g/mol. The van der Waals surface area contributed by atoms with E-state index >= 15 is 0 Å². The van der Waals surface area contributed by atoms with Gasteiger partial charge in [-0.1, -0.05) is 11.6 Å². The zero-order valence-electron chi connectivity index (χ0n) is 10.8. The predicted molar refractivity (Wildman–Crippen MR) is 79.9 cm³/mol. The molecule has 0 radical (unpaired) electrons. The molecule has 7 heteroatoms. The Morgan fingerprint density at radius 3 is 2.62 bits per heavy atom. The van der Waals surface area contributed by atoms with Crippen molar-refractivity contribution in [2.45, 2.75) is 0 Å². The van der Waals surface area contributed by atoms with Gasteiger partial charge in [0.1, 0.15) is 5.82 Å². The van der Waals surface area contributed by atoms with Gasteiger partial charge in [0.05, 0.1) is 23.8 Å². The van der Waals surface area contributed by atoms with Crippen molar-refractivity contribution in [3.8, 4) is 11.4 Å². The van der Waals surface area contributed by atoms with Crippen molar-refractivity contribution in [3.05, 3.63) is 51.8 Å². The van der Waals surface area contributed by atoms with Crippen LogP contribution in [0, 0.1) is 16.4 Å². The molecule has 0 saturated carbocycles. The molecule has 0 aliphatic carbocycles. The van der Waals surface area contributed by atoms with Gasteiger partial charge in [0.15, 0.2) is 16.3 Å². The van der Waals surface area contributed by atoms with Crippen LogP contribution in [0.2, 0.25) is 5.02 Å². The van der Waals surface area contributed by atoms with E-state index in [-0.39, 0.29) is 10.8 Å². The van der Waals surface area contributed by atoms with E-state index < -0.39 is 11.6 Å². The highest BCUT2D eigenvalue weighted by Crippen LogP contribution is 2.28. The molecule has 0 aliphatic rings. The van der Waals surface area contributed by atoms with Gasteiger partial charge in [-0.2, -0.15) is 0 Å². The molecule has 21 heavy (non-hydrogen) atoms. The van der Waals surface area contributed by atoms with Gasteiger partial charge in [-0.3, -0.25) is 4.57 Å². The summed E-state index contributed by atoms with van der Waals surface area (Å²) in [6.07, 6.45) is 0. The molecule has 3 rings (SSSR count). The maximum Gasteiger partial charge on any atom is 0.182 e. The summed E-state index contributed by atoms with van der Waals surface area (Å²) >= 11 is 11.1. The number of ether oxygens (including phenoxy) is 1. The summed E-state index contributed by atoms with van der Waals surface area (Å²) in [4.78, 5) is 2.87. The lowest BCUT2D eigenvalue weighted by Gasteiger charge is -2.07. The van der Waals surface area contributed by atoms with E-state index in [1.807, 2.05) is 0 Å². The largest absolute Gasteiger partial charge is 0.494 e. The van der Waals surface area contributed by atoms with E-state index in [1.54, 1.807) is 10.6 Å². The molecule has 0 atom stereocenters. The molecule has 1 aromatic heterocycles. The number of imidazole rings is 1. The van der Waals surface area contributed by atoms with Gasteiger partial charge < -0.3 is 9.72 Å². The number of aromatic amines is 1. The Morgan fingerprint density at radius 2 is 1.95 bits per heavy atom. The lowest BCUT2D eigenvalue weighted by molar-refractivity contribution is 0.387. The second-order valence-electron chi connectivity index (χ2n) is 4.40. The standard InChI is InChI=1S/C14H9ClF2N2OS/c1-20-13-6-12-11(5-10(13)17)18-14(21)19(12)9-3-7(15)2-8(16)4-9/h2-6H,1H3,(H,18,21). The fraction of sp³-hybridized carbons (Fsp3) is 0.0714. The van der Waals surface area contributed by atoms with Crippen molar-refractivity contribution in [3.63, 3.8) is 0 Å². The maximum atomic E-state index is 13.7. The normalized spacial score (nSPS) is 11.0. The van der Waals surface area contributed by atoms with Gasteiger partial charge >= 0.3 is 0 Å². The van der Waals surface area contributed by atoms with E-state index in [9.17, 15) is 8.78 Å². The monoisotopic (exact) mass is 326 g/mol. The minimum absolute atomic E-state index is 0.0766. The summed E-state index contributed by atoms with van der Waals surface area (Å²) in [6, 6.07) is 6.84. The Hall–Kier alpha value is -1.92. The summed E-state index contributed by atoms with van der Waals surface area (Å²) in [5.41, 5.74) is 1.50. The molecule has 1 heterocycles. The summed E-state index contributed by atoms with van der Waals surface area (Å²) in [6.45, 7) is 0. The first kappa shape index (κ1) is 14.0. The highest BCUT2D eigenvalue weighted by atomic mass is 35.5. The number of hydrogen-bond donors (Lipinski definition) is 1. The minimum Gasteiger partial charge on any atom is -0.494 e. The topological polar surface area (TPSA) is 29.9 Å². The third-order valence-electron chi connectivity index (χ3n) is 3.06. The van der Waals surface area contributed by atoms with Crippen LogP contribution < -0.4 is 4.74 Å². The lowest BCUT2D eigenvalue weighted by atomic mass is 10.2. The molecule has 0 unspecified atom stereocenters. The van der Waals surface area contributed by atoms with E-state index in [1.165, 1.54) is 31.4 Å². The van der Waals surface area contributed by atoms with Crippen LogP contribution in [0.25, 0.3) is 16.7 Å². The molecule has 3 aromatic rings. The van der Waals surface area contributed by atoms with Gasteiger partial charge in [0.2, 0.25) is 0 Å². The van der Waals surface area contributed by atoms with Crippen LogP contribution in [0.1, 0.15) is 0 Å². The molecule has 0 aliphatic heterocycles. The van der Waals surface area contributed by atoms with Gasteiger partial charge in [0, 0.05) is 17.2 Å². The first-order valence-corrected chi connectivity index (χ1v) is 6.73. The van der Waals surface area contributed by atoms with Gasteiger partial charge in [0.25, 0.3) is 0 Å². The Balaban J connectivity index is 2.36. The number of halogens is 3. The van der Waals surface area contributed by atoms with Crippen LogP contribution >= 0.6 is 23.8 Å². The van der Waals surface area contributed by atoms with Crippen LogP contribution in [-0.2, 0) is 0 Å². The summed E-state index contributed by atoms with van der Waals surface area (Å²) in [5, 5.41) is 0.246. The molecule has 0 saturated heterocycles. The number of hydrogen-bond acceptors (Lipinski definition) is 2.